The maximum atomic E-state index is 12.6. The number of carbonyl (C=O) groups is 2. The second-order valence-electron chi connectivity index (χ2n) is 9.16. The lowest BCUT2D eigenvalue weighted by Crippen LogP contribution is -2.34. The number of amides is 1. The standard InChI is InChI=1S/C20H39NO9.C7H3F5O/c1-20(2,3)30-19(23)21-5-8-25-10-12-27-14-16-29-18-17-28-15-13-26-11-9-24-7-4-6-22;1-13-7-5(11)3(9)2(8)4(10)6(7)12/h6H,4-5,7-18H2,1-3H3,(H,21,23);1H3. The Balaban J connectivity index is 0.00000112. The highest BCUT2D eigenvalue weighted by Gasteiger charge is 2.26. The van der Waals surface area contributed by atoms with E-state index in [1.807, 2.05) is 20.8 Å². The summed E-state index contributed by atoms with van der Waals surface area (Å²) in [4.78, 5) is 21.5. The number of carbonyl (C=O) groups excluding carboxylic acids is 2. The number of halogens is 5. The molecule has 0 radical (unpaired) electrons. The van der Waals surface area contributed by atoms with Gasteiger partial charge >= 0.3 is 6.09 Å². The maximum Gasteiger partial charge on any atom is 0.407 e. The van der Waals surface area contributed by atoms with Crippen LogP contribution in [0.4, 0.5) is 26.7 Å². The lowest BCUT2D eigenvalue weighted by atomic mass is 10.2. The molecule has 250 valence electrons. The van der Waals surface area contributed by atoms with Gasteiger partial charge in [0.1, 0.15) is 11.9 Å². The normalized spacial score (nSPS) is 11.1. The summed E-state index contributed by atoms with van der Waals surface area (Å²) in [5.41, 5.74) is -0.504. The van der Waals surface area contributed by atoms with E-state index in [2.05, 4.69) is 10.1 Å². The molecule has 0 fully saturated rings. The zero-order chi connectivity index (χ0) is 32.5. The molecule has 0 aliphatic carbocycles. The third-order valence-electron chi connectivity index (χ3n) is 4.53. The molecule has 0 aliphatic heterocycles. The Hall–Kier alpha value is -2.63. The molecule has 0 bridgehead atoms. The average molecular weight is 636 g/mol. The number of benzene rings is 1. The largest absolute Gasteiger partial charge is 0.491 e. The fraction of sp³-hybridized carbons (Fsp3) is 0.704. The quantitative estimate of drug-likeness (QED) is 0.0666. The summed E-state index contributed by atoms with van der Waals surface area (Å²) in [6.45, 7) is 11.5. The molecule has 11 nitrogen and oxygen atoms in total. The van der Waals surface area contributed by atoms with E-state index in [9.17, 15) is 31.5 Å². The minimum Gasteiger partial charge on any atom is -0.491 e. The van der Waals surface area contributed by atoms with E-state index >= 15 is 0 Å². The van der Waals surface area contributed by atoms with Crippen LogP contribution in [0.2, 0.25) is 0 Å². The van der Waals surface area contributed by atoms with E-state index in [4.69, 9.17) is 33.2 Å². The lowest BCUT2D eigenvalue weighted by Gasteiger charge is -2.19. The van der Waals surface area contributed by atoms with E-state index in [1.165, 1.54) is 0 Å². The number of nitrogens with one attached hydrogen (secondary N) is 1. The molecule has 0 aromatic heterocycles. The van der Waals surface area contributed by atoms with E-state index < -0.39 is 46.5 Å². The highest BCUT2D eigenvalue weighted by molar-refractivity contribution is 5.67. The van der Waals surface area contributed by atoms with Crippen LogP contribution in [0, 0.1) is 29.1 Å². The molecular weight excluding hydrogens is 593 g/mol. The average Bonchev–Trinajstić information content (AvgIpc) is 2.95. The van der Waals surface area contributed by atoms with Crippen molar-refractivity contribution in [3.63, 3.8) is 0 Å². The van der Waals surface area contributed by atoms with Gasteiger partial charge in [-0.3, -0.25) is 0 Å². The number of ether oxygens (including phenoxy) is 8. The van der Waals surface area contributed by atoms with Crippen LogP contribution in [0.5, 0.6) is 5.75 Å². The molecule has 0 heterocycles. The molecule has 0 saturated carbocycles. The third kappa shape index (κ3) is 20.8. The van der Waals surface area contributed by atoms with Gasteiger partial charge in [0.25, 0.3) is 0 Å². The Bertz CT molecular complexity index is 877. The topological polar surface area (TPSA) is 120 Å². The molecule has 0 aliphatic rings. The van der Waals surface area contributed by atoms with Crippen LogP contribution in [-0.2, 0) is 38.0 Å². The van der Waals surface area contributed by atoms with Crippen LogP contribution in [0.25, 0.3) is 0 Å². The molecule has 43 heavy (non-hydrogen) atoms. The Morgan fingerprint density at radius 2 is 0.977 bits per heavy atom. The van der Waals surface area contributed by atoms with Crippen molar-refractivity contribution in [1.82, 2.24) is 5.32 Å². The van der Waals surface area contributed by atoms with Gasteiger partial charge in [0, 0.05) is 13.0 Å². The van der Waals surface area contributed by atoms with Gasteiger partial charge < -0.3 is 48.0 Å². The molecule has 1 N–H and O–H groups in total. The van der Waals surface area contributed by atoms with Crippen LogP contribution in [0.3, 0.4) is 0 Å². The number of hydrogen-bond acceptors (Lipinski definition) is 10. The number of alkyl carbamates (subject to hydrolysis) is 1. The molecule has 1 amide bonds. The van der Waals surface area contributed by atoms with Gasteiger partial charge in [-0.05, 0) is 20.8 Å². The molecular formula is C27H42F5NO10. The minimum absolute atomic E-state index is 0.387. The van der Waals surface area contributed by atoms with E-state index in [0.717, 1.165) is 13.4 Å². The summed E-state index contributed by atoms with van der Waals surface area (Å²) in [6.07, 6.45) is 0.791. The second-order valence-corrected chi connectivity index (χ2v) is 9.16. The number of aldehydes is 1. The van der Waals surface area contributed by atoms with Crippen LogP contribution in [0.15, 0.2) is 0 Å². The van der Waals surface area contributed by atoms with Gasteiger partial charge in [0.2, 0.25) is 29.1 Å². The lowest BCUT2D eigenvalue weighted by molar-refractivity contribution is -0.109. The first-order valence-corrected chi connectivity index (χ1v) is 13.4. The van der Waals surface area contributed by atoms with E-state index in [0.29, 0.717) is 92.2 Å². The molecule has 1 aromatic rings. The van der Waals surface area contributed by atoms with Crippen molar-refractivity contribution in [2.75, 3.05) is 92.9 Å². The molecule has 0 atom stereocenters. The van der Waals surface area contributed by atoms with Crippen molar-refractivity contribution in [3.8, 4) is 5.75 Å². The van der Waals surface area contributed by atoms with Crippen molar-refractivity contribution in [3.05, 3.63) is 29.1 Å². The minimum atomic E-state index is -2.20. The number of rotatable bonds is 22. The Morgan fingerprint density at radius 1 is 0.628 bits per heavy atom. The molecule has 0 saturated heterocycles. The predicted octanol–water partition coefficient (Wildman–Crippen LogP) is 3.59. The zero-order valence-corrected chi connectivity index (χ0v) is 24.9. The second kappa shape index (κ2) is 24.8. The van der Waals surface area contributed by atoms with Crippen molar-refractivity contribution < 1.29 is 69.4 Å². The van der Waals surface area contributed by atoms with Crippen LogP contribution < -0.4 is 10.1 Å². The molecule has 0 unspecified atom stereocenters. The smallest absolute Gasteiger partial charge is 0.407 e. The summed E-state index contributed by atoms with van der Waals surface area (Å²) in [5, 5.41) is 2.62. The first-order chi connectivity index (χ1) is 20.5. The highest BCUT2D eigenvalue weighted by atomic mass is 19.2. The number of hydrogen-bond donors (Lipinski definition) is 1. The van der Waals surface area contributed by atoms with Crippen LogP contribution in [0.1, 0.15) is 27.2 Å². The first kappa shape index (κ1) is 40.4. The Morgan fingerprint density at radius 3 is 1.33 bits per heavy atom. The SMILES string of the molecule is CC(C)(C)OC(=O)NCCOCCOCCOCCOCCOCCOCCC=O.COc1c(F)c(F)c(F)c(F)c1F. The van der Waals surface area contributed by atoms with E-state index in [1.54, 1.807) is 0 Å². The zero-order valence-electron chi connectivity index (χ0n) is 24.9. The third-order valence-corrected chi connectivity index (χ3v) is 4.53. The summed E-state index contributed by atoms with van der Waals surface area (Å²) in [6, 6.07) is 0. The van der Waals surface area contributed by atoms with Gasteiger partial charge in [-0.25, -0.2) is 18.0 Å². The maximum absolute atomic E-state index is 12.6. The molecule has 16 heteroatoms. The molecule has 0 spiro atoms. The van der Waals surface area contributed by atoms with E-state index in [-0.39, 0.29) is 0 Å². The van der Waals surface area contributed by atoms with Crippen molar-refractivity contribution in [2.45, 2.75) is 32.8 Å². The van der Waals surface area contributed by atoms with Gasteiger partial charge in [-0.1, -0.05) is 0 Å². The molecule has 1 aromatic carbocycles. The molecule has 1 rings (SSSR count). The predicted molar refractivity (Wildman–Crippen MR) is 143 cm³/mol. The van der Waals surface area contributed by atoms with Crippen molar-refractivity contribution >= 4 is 12.4 Å². The van der Waals surface area contributed by atoms with Crippen molar-refractivity contribution in [1.29, 1.82) is 0 Å². The van der Waals surface area contributed by atoms with Gasteiger partial charge in [0.05, 0.1) is 86.4 Å². The van der Waals surface area contributed by atoms with Crippen LogP contribution >= 0.6 is 0 Å². The summed E-state index contributed by atoms with van der Waals surface area (Å²) in [5.74, 6) is -11.5. The van der Waals surface area contributed by atoms with Gasteiger partial charge in [-0.2, -0.15) is 8.78 Å². The van der Waals surface area contributed by atoms with Gasteiger partial charge in [0.15, 0.2) is 5.75 Å². The monoisotopic (exact) mass is 635 g/mol. The number of methoxy groups -OCH3 is 1. The highest BCUT2D eigenvalue weighted by Crippen LogP contribution is 2.28. The summed E-state index contributed by atoms with van der Waals surface area (Å²) < 4.78 is 103. The van der Waals surface area contributed by atoms with Crippen molar-refractivity contribution in [2.24, 2.45) is 0 Å². The van der Waals surface area contributed by atoms with Crippen LogP contribution in [-0.4, -0.2) is 111 Å². The summed E-state index contributed by atoms with van der Waals surface area (Å²) in [7, 11) is 0.804. The first-order valence-electron chi connectivity index (χ1n) is 13.4. The Kier molecular flexibility index (Phi) is 23.3. The summed E-state index contributed by atoms with van der Waals surface area (Å²) >= 11 is 0. The fourth-order valence-corrected chi connectivity index (χ4v) is 2.64. The fourth-order valence-electron chi connectivity index (χ4n) is 2.64. The Labute approximate surface area is 248 Å². The van der Waals surface area contributed by atoms with Gasteiger partial charge in [-0.15, -0.1) is 0 Å².